The van der Waals surface area contributed by atoms with Crippen LogP contribution in [0.1, 0.15) is 23.6 Å². The number of carbonyl (C=O) groups is 1. The molecule has 1 heterocycles. The summed E-state index contributed by atoms with van der Waals surface area (Å²) in [6, 6.07) is 5.64. The van der Waals surface area contributed by atoms with Gasteiger partial charge in [-0.15, -0.1) is 11.3 Å². The van der Waals surface area contributed by atoms with Crippen molar-refractivity contribution in [2.75, 3.05) is 20.2 Å². The Hall–Kier alpha value is -1.62. The van der Waals surface area contributed by atoms with Crippen molar-refractivity contribution < 1.29 is 9.53 Å². The minimum atomic E-state index is 0.000154. The average molecular weight is 264 g/mol. The maximum atomic E-state index is 12.2. The molecule has 0 aliphatic carbocycles. The Kier molecular flexibility index (Phi) is 3.81. The van der Waals surface area contributed by atoms with Crippen molar-refractivity contribution in [3.63, 3.8) is 0 Å². The van der Waals surface area contributed by atoms with Gasteiger partial charge >= 0.3 is 0 Å². The molecule has 1 amide bonds. The van der Waals surface area contributed by atoms with Crippen LogP contribution in [0.25, 0.3) is 10.2 Å². The van der Waals surface area contributed by atoms with E-state index in [0.717, 1.165) is 16.0 Å². The number of fused-ring (bicyclic) bond motifs is 1. The Labute approximate surface area is 110 Å². The highest BCUT2D eigenvalue weighted by atomic mass is 32.1. The van der Waals surface area contributed by atoms with Crippen LogP contribution in [0.3, 0.4) is 0 Å². The number of carbonyl (C=O) groups excluding carboxylic acids is 1. The lowest BCUT2D eigenvalue weighted by atomic mass is 10.3. The first-order valence-corrected chi connectivity index (χ1v) is 6.75. The third kappa shape index (κ3) is 2.31. The van der Waals surface area contributed by atoms with E-state index in [1.54, 1.807) is 12.0 Å². The fourth-order valence-corrected chi connectivity index (χ4v) is 2.73. The van der Waals surface area contributed by atoms with Gasteiger partial charge in [-0.3, -0.25) is 4.79 Å². The fourth-order valence-electron chi connectivity index (χ4n) is 1.77. The SMILES string of the molecule is CCN(CC)C(=O)c1nc2ccc(OC)cc2s1. The molecule has 0 aliphatic heterocycles. The van der Waals surface area contributed by atoms with Crippen molar-refractivity contribution >= 4 is 27.5 Å². The summed E-state index contributed by atoms with van der Waals surface area (Å²) in [7, 11) is 1.63. The molecule has 0 radical (unpaired) electrons. The summed E-state index contributed by atoms with van der Waals surface area (Å²) in [4.78, 5) is 18.3. The predicted octanol–water partition coefficient (Wildman–Crippen LogP) is 2.79. The number of thiazole rings is 1. The highest BCUT2D eigenvalue weighted by Crippen LogP contribution is 2.26. The van der Waals surface area contributed by atoms with Crippen LogP contribution in [0.2, 0.25) is 0 Å². The average Bonchev–Trinajstić information content (AvgIpc) is 2.82. The number of methoxy groups -OCH3 is 1. The van der Waals surface area contributed by atoms with Gasteiger partial charge in [0, 0.05) is 13.1 Å². The molecule has 0 aliphatic rings. The number of hydrogen-bond donors (Lipinski definition) is 0. The quantitative estimate of drug-likeness (QED) is 0.852. The van der Waals surface area contributed by atoms with E-state index in [1.807, 2.05) is 32.0 Å². The molecule has 5 heteroatoms. The number of amides is 1. The smallest absolute Gasteiger partial charge is 0.282 e. The van der Waals surface area contributed by atoms with Crippen molar-refractivity contribution in [2.45, 2.75) is 13.8 Å². The van der Waals surface area contributed by atoms with Crippen LogP contribution in [0.5, 0.6) is 5.75 Å². The van der Waals surface area contributed by atoms with Crippen molar-refractivity contribution in [3.05, 3.63) is 23.2 Å². The zero-order valence-electron chi connectivity index (χ0n) is 10.8. The second-order valence-electron chi connectivity index (χ2n) is 3.83. The monoisotopic (exact) mass is 264 g/mol. The Morgan fingerprint density at radius 3 is 2.72 bits per heavy atom. The molecule has 1 aromatic carbocycles. The lowest BCUT2D eigenvalue weighted by molar-refractivity contribution is 0.0773. The summed E-state index contributed by atoms with van der Waals surface area (Å²) < 4.78 is 6.14. The lowest BCUT2D eigenvalue weighted by Gasteiger charge is -2.16. The van der Waals surface area contributed by atoms with Crippen LogP contribution in [-0.4, -0.2) is 36.0 Å². The number of ether oxygens (including phenoxy) is 1. The van der Waals surface area contributed by atoms with Gasteiger partial charge in [0.25, 0.3) is 5.91 Å². The van der Waals surface area contributed by atoms with E-state index in [9.17, 15) is 4.79 Å². The van der Waals surface area contributed by atoms with E-state index in [4.69, 9.17) is 4.74 Å². The lowest BCUT2D eigenvalue weighted by Crippen LogP contribution is -2.30. The fraction of sp³-hybridized carbons (Fsp3) is 0.385. The normalized spacial score (nSPS) is 10.6. The van der Waals surface area contributed by atoms with Gasteiger partial charge in [0.1, 0.15) is 5.75 Å². The van der Waals surface area contributed by atoms with E-state index in [2.05, 4.69) is 4.98 Å². The molecule has 0 bridgehead atoms. The van der Waals surface area contributed by atoms with Crippen molar-refractivity contribution in [3.8, 4) is 5.75 Å². The maximum absolute atomic E-state index is 12.2. The molecular weight excluding hydrogens is 248 g/mol. The van der Waals surface area contributed by atoms with E-state index in [0.29, 0.717) is 18.1 Å². The van der Waals surface area contributed by atoms with E-state index < -0.39 is 0 Å². The zero-order valence-corrected chi connectivity index (χ0v) is 11.6. The third-order valence-electron chi connectivity index (χ3n) is 2.83. The minimum Gasteiger partial charge on any atom is -0.497 e. The summed E-state index contributed by atoms with van der Waals surface area (Å²) in [5.74, 6) is 0.785. The third-order valence-corrected chi connectivity index (χ3v) is 3.84. The molecule has 18 heavy (non-hydrogen) atoms. The van der Waals surface area contributed by atoms with Crippen molar-refractivity contribution in [1.82, 2.24) is 9.88 Å². The molecule has 2 rings (SSSR count). The van der Waals surface area contributed by atoms with E-state index >= 15 is 0 Å². The zero-order chi connectivity index (χ0) is 13.1. The van der Waals surface area contributed by atoms with Crippen molar-refractivity contribution in [1.29, 1.82) is 0 Å². The van der Waals surface area contributed by atoms with Crippen LogP contribution >= 0.6 is 11.3 Å². The molecular formula is C13H16N2O2S. The summed E-state index contributed by atoms with van der Waals surface area (Å²) in [6.07, 6.45) is 0. The van der Waals surface area contributed by atoms with Crippen LogP contribution in [0.15, 0.2) is 18.2 Å². The van der Waals surface area contributed by atoms with Crippen LogP contribution in [0.4, 0.5) is 0 Å². The van der Waals surface area contributed by atoms with Gasteiger partial charge < -0.3 is 9.64 Å². The largest absolute Gasteiger partial charge is 0.497 e. The highest BCUT2D eigenvalue weighted by molar-refractivity contribution is 7.20. The minimum absolute atomic E-state index is 0.000154. The first kappa shape index (κ1) is 12.8. The molecule has 0 saturated carbocycles. The number of aromatic nitrogens is 1. The van der Waals surface area contributed by atoms with Gasteiger partial charge in [0.05, 0.1) is 17.3 Å². The second kappa shape index (κ2) is 5.35. The van der Waals surface area contributed by atoms with Gasteiger partial charge in [-0.25, -0.2) is 4.98 Å². The van der Waals surface area contributed by atoms with Gasteiger partial charge in [-0.05, 0) is 32.0 Å². The number of hydrogen-bond acceptors (Lipinski definition) is 4. The van der Waals surface area contributed by atoms with Gasteiger partial charge in [-0.1, -0.05) is 0 Å². The molecule has 0 fully saturated rings. The summed E-state index contributed by atoms with van der Waals surface area (Å²) in [5, 5.41) is 0.543. The van der Waals surface area contributed by atoms with Crippen LogP contribution in [0, 0.1) is 0 Å². The van der Waals surface area contributed by atoms with E-state index in [1.165, 1.54) is 11.3 Å². The first-order chi connectivity index (χ1) is 8.69. The molecule has 0 atom stereocenters. The molecule has 0 unspecified atom stereocenters. The Bertz CT molecular complexity index is 561. The molecule has 4 nitrogen and oxygen atoms in total. The Morgan fingerprint density at radius 2 is 2.11 bits per heavy atom. The standard InChI is InChI=1S/C13H16N2O2S/c1-4-15(5-2)13(16)12-14-10-7-6-9(17-3)8-11(10)18-12/h6-8H,4-5H2,1-3H3. The topological polar surface area (TPSA) is 42.4 Å². The van der Waals surface area contributed by atoms with Crippen molar-refractivity contribution in [2.24, 2.45) is 0 Å². The van der Waals surface area contributed by atoms with Crippen LogP contribution < -0.4 is 4.74 Å². The summed E-state index contributed by atoms with van der Waals surface area (Å²) >= 11 is 1.41. The van der Waals surface area contributed by atoms with Gasteiger partial charge in [0.2, 0.25) is 0 Å². The first-order valence-electron chi connectivity index (χ1n) is 5.93. The molecule has 1 aromatic heterocycles. The van der Waals surface area contributed by atoms with Gasteiger partial charge in [0.15, 0.2) is 5.01 Å². The van der Waals surface area contributed by atoms with Gasteiger partial charge in [-0.2, -0.15) is 0 Å². The Balaban J connectivity index is 2.37. The summed E-state index contributed by atoms with van der Waals surface area (Å²) in [6.45, 7) is 5.35. The number of rotatable bonds is 4. The second-order valence-corrected chi connectivity index (χ2v) is 4.86. The molecule has 0 N–H and O–H groups in total. The molecule has 96 valence electrons. The molecule has 2 aromatic rings. The molecule has 0 saturated heterocycles. The summed E-state index contributed by atoms with van der Waals surface area (Å²) in [5.41, 5.74) is 0.844. The van der Waals surface area contributed by atoms with Crippen LogP contribution in [-0.2, 0) is 0 Å². The number of nitrogens with zero attached hydrogens (tertiary/aromatic N) is 2. The predicted molar refractivity (Wildman–Crippen MR) is 73.4 cm³/mol. The number of benzene rings is 1. The highest BCUT2D eigenvalue weighted by Gasteiger charge is 2.17. The van der Waals surface area contributed by atoms with E-state index in [-0.39, 0.29) is 5.91 Å². The maximum Gasteiger partial charge on any atom is 0.282 e. The Morgan fingerprint density at radius 1 is 1.39 bits per heavy atom. The molecule has 0 spiro atoms.